The quantitative estimate of drug-likeness (QED) is 0.754. The molecule has 1 fully saturated rings. The molecule has 0 radical (unpaired) electrons. The Labute approximate surface area is 173 Å². The highest BCUT2D eigenvalue weighted by Gasteiger charge is 2.38. The number of hydrogen-bond donors (Lipinski definition) is 1. The van der Waals surface area contributed by atoms with Crippen LogP contribution in [0, 0.1) is 17.0 Å². The number of amides is 1. The van der Waals surface area contributed by atoms with Gasteiger partial charge in [0.15, 0.2) is 0 Å². The lowest BCUT2D eigenvalue weighted by Crippen LogP contribution is -2.55. The van der Waals surface area contributed by atoms with Crippen molar-refractivity contribution in [2.45, 2.75) is 39.7 Å². The Bertz CT molecular complexity index is 598. The number of carbonyl (C=O) groups excluding carboxylic acids is 1. The van der Waals surface area contributed by atoms with Gasteiger partial charge in [-0.1, -0.05) is 19.9 Å². The Morgan fingerprint density at radius 3 is 2.15 bits per heavy atom. The van der Waals surface area contributed by atoms with Crippen LogP contribution >= 0.6 is 24.8 Å². The van der Waals surface area contributed by atoms with Crippen LogP contribution in [0.2, 0.25) is 0 Å². The van der Waals surface area contributed by atoms with Gasteiger partial charge in [-0.15, -0.1) is 24.8 Å². The van der Waals surface area contributed by atoms with Crippen molar-refractivity contribution in [1.82, 2.24) is 9.80 Å². The molecular formula is C19H31Cl2F2N3O. The van der Waals surface area contributed by atoms with Crippen molar-refractivity contribution in [3.05, 3.63) is 35.4 Å². The van der Waals surface area contributed by atoms with Crippen LogP contribution in [0.25, 0.3) is 0 Å². The summed E-state index contributed by atoms with van der Waals surface area (Å²) in [6, 6.07) is 3.55. The van der Waals surface area contributed by atoms with Gasteiger partial charge in [-0.3, -0.25) is 9.69 Å². The van der Waals surface area contributed by atoms with Crippen LogP contribution in [0.15, 0.2) is 18.2 Å². The van der Waals surface area contributed by atoms with Gasteiger partial charge in [0.2, 0.25) is 5.91 Å². The van der Waals surface area contributed by atoms with E-state index in [1.165, 1.54) is 12.1 Å². The Morgan fingerprint density at radius 2 is 1.70 bits per heavy atom. The second kappa shape index (κ2) is 11.1. The summed E-state index contributed by atoms with van der Waals surface area (Å²) >= 11 is 0. The summed E-state index contributed by atoms with van der Waals surface area (Å²) in [5.74, 6) is -0.966. The van der Waals surface area contributed by atoms with Crippen molar-refractivity contribution in [2.24, 2.45) is 11.1 Å². The van der Waals surface area contributed by atoms with Crippen molar-refractivity contribution >= 4 is 30.7 Å². The van der Waals surface area contributed by atoms with Crippen molar-refractivity contribution in [3.63, 3.8) is 0 Å². The minimum atomic E-state index is -0.568. The molecule has 1 aromatic carbocycles. The van der Waals surface area contributed by atoms with Crippen LogP contribution in [0.5, 0.6) is 0 Å². The summed E-state index contributed by atoms with van der Waals surface area (Å²) in [4.78, 5) is 16.9. The number of halogens is 4. The molecule has 2 N–H and O–H groups in total. The van der Waals surface area contributed by atoms with Gasteiger partial charge in [0.1, 0.15) is 11.6 Å². The van der Waals surface area contributed by atoms with Gasteiger partial charge >= 0.3 is 0 Å². The lowest BCUT2D eigenvalue weighted by molar-refractivity contribution is -0.144. The summed E-state index contributed by atoms with van der Waals surface area (Å²) < 4.78 is 27.1. The van der Waals surface area contributed by atoms with Crippen LogP contribution in [0.3, 0.4) is 0 Å². The van der Waals surface area contributed by atoms with E-state index in [1.54, 1.807) is 0 Å². The topological polar surface area (TPSA) is 49.6 Å². The Hall–Kier alpha value is -0.950. The monoisotopic (exact) mass is 425 g/mol. The molecule has 0 aliphatic carbocycles. The minimum Gasteiger partial charge on any atom is -0.340 e. The van der Waals surface area contributed by atoms with Gasteiger partial charge in [0.05, 0.1) is 5.41 Å². The van der Waals surface area contributed by atoms with E-state index < -0.39 is 17.0 Å². The molecule has 27 heavy (non-hydrogen) atoms. The highest BCUT2D eigenvalue weighted by molar-refractivity contribution is 5.85. The maximum atomic E-state index is 14.0. The summed E-state index contributed by atoms with van der Waals surface area (Å²) in [7, 11) is 0. The van der Waals surface area contributed by atoms with Crippen LogP contribution in [-0.2, 0) is 4.79 Å². The minimum absolute atomic E-state index is 0. The zero-order valence-electron chi connectivity index (χ0n) is 16.2. The standard InChI is InChI=1S/C19H29F2N3O.2ClH/c1-4-19(5-2,13-22)18(25)24-10-8-23(9-11-24)14(3)16-7-6-15(20)12-17(16)21;;/h6-7,12,14H,4-5,8-11,13,22H2,1-3H3;2*1H. The molecule has 1 unspecified atom stereocenters. The SMILES string of the molecule is CCC(CC)(CN)C(=O)N1CCN(C(C)c2ccc(F)cc2F)CC1.Cl.Cl. The fraction of sp³-hybridized carbons (Fsp3) is 0.632. The Morgan fingerprint density at radius 1 is 1.15 bits per heavy atom. The van der Waals surface area contributed by atoms with E-state index in [4.69, 9.17) is 5.73 Å². The van der Waals surface area contributed by atoms with Crippen LogP contribution in [0.1, 0.15) is 45.2 Å². The molecule has 1 atom stereocenters. The molecule has 8 heteroatoms. The second-order valence-electron chi connectivity index (χ2n) is 6.86. The highest BCUT2D eigenvalue weighted by atomic mass is 35.5. The molecule has 1 heterocycles. The molecule has 1 aromatic rings. The molecular weight excluding hydrogens is 395 g/mol. The van der Waals surface area contributed by atoms with E-state index in [9.17, 15) is 13.6 Å². The van der Waals surface area contributed by atoms with E-state index >= 15 is 0 Å². The number of nitrogens with two attached hydrogens (primary N) is 1. The first-order valence-corrected chi connectivity index (χ1v) is 9.07. The van der Waals surface area contributed by atoms with Gasteiger partial charge < -0.3 is 10.6 Å². The second-order valence-corrected chi connectivity index (χ2v) is 6.86. The van der Waals surface area contributed by atoms with Crippen LogP contribution in [-0.4, -0.2) is 48.4 Å². The first-order chi connectivity index (χ1) is 11.9. The largest absolute Gasteiger partial charge is 0.340 e. The molecule has 2 rings (SSSR count). The predicted octanol–water partition coefficient (Wildman–Crippen LogP) is 3.78. The first-order valence-electron chi connectivity index (χ1n) is 9.07. The van der Waals surface area contributed by atoms with Crippen molar-refractivity contribution in [1.29, 1.82) is 0 Å². The first kappa shape index (κ1) is 26.1. The fourth-order valence-electron chi connectivity index (χ4n) is 3.61. The van der Waals surface area contributed by atoms with Gasteiger partial charge in [-0.25, -0.2) is 8.78 Å². The van der Waals surface area contributed by atoms with Crippen molar-refractivity contribution in [2.75, 3.05) is 32.7 Å². The number of benzene rings is 1. The lowest BCUT2D eigenvalue weighted by atomic mass is 9.80. The average Bonchev–Trinajstić information content (AvgIpc) is 2.63. The smallest absolute Gasteiger partial charge is 0.230 e. The van der Waals surface area contributed by atoms with Crippen LogP contribution in [0.4, 0.5) is 8.78 Å². The molecule has 0 saturated carbocycles. The average molecular weight is 426 g/mol. The number of carbonyl (C=O) groups is 1. The molecule has 1 aliphatic rings. The lowest BCUT2D eigenvalue weighted by Gasteiger charge is -2.42. The third kappa shape index (κ3) is 5.53. The maximum absolute atomic E-state index is 14.0. The third-order valence-electron chi connectivity index (χ3n) is 5.76. The van der Waals surface area contributed by atoms with Crippen molar-refractivity contribution < 1.29 is 13.6 Å². The molecule has 1 saturated heterocycles. The van der Waals surface area contributed by atoms with Crippen molar-refractivity contribution in [3.8, 4) is 0 Å². The van der Waals surface area contributed by atoms with E-state index in [1.807, 2.05) is 25.7 Å². The highest BCUT2D eigenvalue weighted by Crippen LogP contribution is 2.30. The molecule has 0 spiro atoms. The summed E-state index contributed by atoms with van der Waals surface area (Å²) in [6.07, 6.45) is 1.46. The molecule has 0 bridgehead atoms. The van der Waals surface area contributed by atoms with E-state index in [0.717, 1.165) is 18.9 Å². The van der Waals surface area contributed by atoms with Gasteiger partial charge in [0.25, 0.3) is 0 Å². The number of nitrogens with zero attached hydrogens (tertiary/aromatic N) is 2. The molecule has 1 amide bonds. The fourth-order valence-corrected chi connectivity index (χ4v) is 3.61. The summed E-state index contributed by atoms with van der Waals surface area (Å²) in [5.41, 5.74) is 5.90. The molecule has 1 aliphatic heterocycles. The van der Waals surface area contributed by atoms with Gasteiger partial charge in [0, 0.05) is 50.4 Å². The Balaban J connectivity index is 0.00000338. The summed E-state index contributed by atoms with van der Waals surface area (Å²) in [6.45, 7) is 8.82. The molecule has 0 aromatic heterocycles. The Kier molecular flexibility index (Phi) is 10.8. The summed E-state index contributed by atoms with van der Waals surface area (Å²) in [5, 5.41) is 0. The number of piperazine rings is 1. The number of hydrogen-bond acceptors (Lipinski definition) is 3. The normalized spacial score (nSPS) is 16.3. The zero-order chi connectivity index (χ0) is 18.6. The van der Waals surface area contributed by atoms with Gasteiger partial charge in [-0.2, -0.15) is 0 Å². The van der Waals surface area contributed by atoms with E-state index in [0.29, 0.717) is 38.3 Å². The van der Waals surface area contributed by atoms with E-state index in [-0.39, 0.29) is 36.8 Å². The van der Waals surface area contributed by atoms with Crippen LogP contribution < -0.4 is 5.73 Å². The zero-order valence-corrected chi connectivity index (χ0v) is 17.8. The number of rotatable bonds is 6. The van der Waals surface area contributed by atoms with E-state index in [2.05, 4.69) is 4.90 Å². The molecule has 156 valence electrons. The molecule has 4 nitrogen and oxygen atoms in total. The van der Waals surface area contributed by atoms with Gasteiger partial charge in [-0.05, 0) is 25.8 Å². The maximum Gasteiger partial charge on any atom is 0.230 e. The predicted molar refractivity (Wildman–Crippen MR) is 109 cm³/mol. The third-order valence-corrected chi connectivity index (χ3v) is 5.76.